The molecule has 0 saturated heterocycles. The first-order valence-corrected chi connectivity index (χ1v) is 6.22. The van der Waals surface area contributed by atoms with Gasteiger partial charge >= 0.3 is 0 Å². The van der Waals surface area contributed by atoms with Crippen molar-refractivity contribution in [3.63, 3.8) is 0 Å². The van der Waals surface area contributed by atoms with Crippen molar-refractivity contribution in [2.75, 3.05) is 0 Å². The Bertz CT molecular complexity index is 910. The van der Waals surface area contributed by atoms with E-state index in [9.17, 15) is 5.11 Å². The number of phenolic OH excluding ortho intramolecular Hbond substituents is 1. The van der Waals surface area contributed by atoms with Gasteiger partial charge in [0.15, 0.2) is 0 Å². The van der Waals surface area contributed by atoms with Crippen LogP contribution >= 0.6 is 0 Å². The summed E-state index contributed by atoms with van der Waals surface area (Å²) in [6.45, 7) is 0. The van der Waals surface area contributed by atoms with E-state index in [1.54, 1.807) is 53.6 Å². The zero-order valence-corrected chi connectivity index (χ0v) is 10.7. The summed E-state index contributed by atoms with van der Waals surface area (Å²) in [4.78, 5) is 8.43. The summed E-state index contributed by atoms with van der Waals surface area (Å²) in [6, 6.07) is 6.60. The Kier molecular flexibility index (Phi) is 2.43. The molecule has 7 heteroatoms. The van der Waals surface area contributed by atoms with E-state index in [1.165, 1.54) is 0 Å². The number of benzene rings is 1. The molecule has 4 aromatic rings. The van der Waals surface area contributed by atoms with Crippen molar-refractivity contribution in [1.82, 2.24) is 24.7 Å². The molecule has 0 fully saturated rings. The van der Waals surface area contributed by atoms with Crippen LogP contribution in [0, 0.1) is 0 Å². The van der Waals surface area contributed by atoms with Crippen LogP contribution < -0.4 is 0 Å². The summed E-state index contributed by atoms with van der Waals surface area (Å²) in [6.07, 6.45) is 6.74. The van der Waals surface area contributed by atoms with Crippen molar-refractivity contribution in [2.45, 2.75) is 0 Å². The minimum absolute atomic E-state index is 0.191. The fourth-order valence-electron chi connectivity index (χ4n) is 2.06. The Morgan fingerprint density at radius 2 is 1.95 bits per heavy atom. The van der Waals surface area contributed by atoms with Gasteiger partial charge in [-0.1, -0.05) is 5.16 Å². The molecule has 1 aromatic carbocycles. The van der Waals surface area contributed by atoms with E-state index >= 15 is 0 Å². The number of rotatable bonds is 2. The molecule has 3 aromatic heterocycles. The van der Waals surface area contributed by atoms with E-state index in [0.29, 0.717) is 11.7 Å². The predicted octanol–water partition coefficient (Wildman–Crippen LogP) is 2.15. The molecule has 0 atom stereocenters. The highest BCUT2D eigenvalue weighted by Gasteiger charge is 2.15. The second-order valence-electron chi connectivity index (χ2n) is 4.43. The third-order valence-corrected chi connectivity index (χ3v) is 3.11. The number of hydrogen-bond donors (Lipinski definition) is 1. The third-order valence-electron chi connectivity index (χ3n) is 3.11. The number of aromatic nitrogens is 5. The van der Waals surface area contributed by atoms with Crippen molar-refractivity contribution in [3.05, 3.63) is 49.1 Å². The van der Waals surface area contributed by atoms with Gasteiger partial charge in [0.1, 0.15) is 5.75 Å². The molecule has 4 rings (SSSR count). The molecule has 21 heavy (non-hydrogen) atoms. The molecule has 0 spiro atoms. The lowest BCUT2D eigenvalue weighted by Gasteiger charge is -1.94. The van der Waals surface area contributed by atoms with E-state index in [1.807, 2.05) is 0 Å². The lowest BCUT2D eigenvalue weighted by molar-refractivity contribution is 0.432. The zero-order valence-electron chi connectivity index (χ0n) is 10.7. The minimum atomic E-state index is 0.191. The molecule has 0 aliphatic carbocycles. The quantitative estimate of drug-likeness (QED) is 0.604. The van der Waals surface area contributed by atoms with Crippen molar-refractivity contribution in [2.24, 2.45) is 0 Å². The second kappa shape index (κ2) is 4.41. The standard InChI is InChI=1S/C14H9N5O2/c20-10-3-1-9(2-4-10)13-17-14(21-18-13)11-7-16-19-6-5-15-8-12(11)19/h1-8,20H. The van der Waals surface area contributed by atoms with E-state index in [2.05, 4.69) is 20.2 Å². The van der Waals surface area contributed by atoms with E-state index in [4.69, 9.17) is 4.52 Å². The summed E-state index contributed by atoms with van der Waals surface area (Å²) >= 11 is 0. The maximum Gasteiger partial charge on any atom is 0.262 e. The van der Waals surface area contributed by atoms with Crippen LogP contribution in [0.25, 0.3) is 28.4 Å². The van der Waals surface area contributed by atoms with Crippen molar-refractivity contribution in [3.8, 4) is 28.6 Å². The molecule has 3 heterocycles. The average molecular weight is 279 g/mol. The minimum Gasteiger partial charge on any atom is -0.508 e. The lowest BCUT2D eigenvalue weighted by Crippen LogP contribution is -1.86. The molecule has 0 aliphatic rings. The first kappa shape index (κ1) is 11.6. The van der Waals surface area contributed by atoms with Gasteiger partial charge in [-0.05, 0) is 24.3 Å². The van der Waals surface area contributed by atoms with Gasteiger partial charge in [0.05, 0.1) is 23.5 Å². The first-order valence-electron chi connectivity index (χ1n) is 6.22. The number of hydrogen-bond acceptors (Lipinski definition) is 6. The van der Waals surface area contributed by atoms with E-state index in [0.717, 1.165) is 16.6 Å². The third kappa shape index (κ3) is 1.91. The Labute approximate surface area is 118 Å². The molecule has 1 N–H and O–H groups in total. The lowest BCUT2D eigenvalue weighted by atomic mass is 10.2. The molecule has 7 nitrogen and oxygen atoms in total. The molecular weight excluding hydrogens is 270 g/mol. The van der Waals surface area contributed by atoms with Crippen molar-refractivity contribution in [1.29, 1.82) is 0 Å². The second-order valence-corrected chi connectivity index (χ2v) is 4.43. The van der Waals surface area contributed by atoms with Crippen LogP contribution in [0.2, 0.25) is 0 Å². The maximum absolute atomic E-state index is 9.30. The monoisotopic (exact) mass is 279 g/mol. The number of phenols is 1. The van der Waals surface area contributed by atoms with Gasteiger partial charge < -0.3 is 9.63 Å². The summed E-state index contributed by atoms with van der Waals surface area (Å²) in [7, 11) is 0. The summed E-state index contributed by atoms with van der Waals surface area (Å²) in [5, 5.41) is 17.5. The Morgan fingerprint density at radius 1 is 1.10 bits per heavy atom. The SMILES string of the molecule is Oc1ccc(-c2noc(-c3cnn4ccncc34)n2)cc1. The largest absolute Gasteiger partial charge is 0.508 e. The van der Waals surface area contributed by atoms with Gasteiger partial charge in [-0.15, -0.1) is 0 Å². The Balaban J connectivity index is 1.79. The van der Waals surface area contributed by atoms with Gasteiger partial charge in [-0.25, -0.2) is 4.52 Å². The van der Waals surface area contributed by atoms with Crippen LogP contribution in [0.4, 0.5) is 0 Å². The van der Waals surface area contributed by atoms with Crippen molar-refractivity contribution >= 4 is 5.52 Å². The summed E-state index contributed by atoms with van der Waals surface area (Å²) in [5.41, 5.74) is 2.27. The highest BCUT2D eigenvalue weighted by Crippen LogP contribution is 2.25. The van der Waals surface area contributed by atoms with E-state index < -0.39 is 0 Å². The summed E-state index contributed by atoms with van der Waals surface area (Å²) < 4.78 is 6.98. The maximum atomic E-state index is 9.30. The number of nitrogens with zero attached hydrogens (tertiary/aromatic N) is 5. The zero-order chi connectivity index (χ0) is 14.2. The van der Waals surface area contributed by atoms with Crippen LogP contribution in [-0.4, -0.2) is 29.8 Å². The van der Waals surface area contributed by atoms with Crippen molar-refractivity contribution < 1.29 is 9.63 Å². The molecule has 0 unspecified atom stereocenters. The van der Waals surface area contributed by atoms with Crippen LogP contribution in [0.15, 0.2) is 53.6 Å². The molecule has 0 amide bonds. The first-order chi connectivity index (χ1) is 10.3. The molecule has 0 radical (unpaired) electrons. The van der Waals surface area contributed by atoms with Crippen LogP contribution in [-0.2, 0) is 0 Å². The molecule has 0 bridgehead atoms. The van der Waals surface area contributed by atoms with Gasteiger partial charge in [-0.2, -0.15) is 10.1 Å². The fourth-order valence-corrected chi connectivity index (χ4v) is 2.06. The highest BCUT2D eigenvalue weighted by atomic mass is 16.5. The van der Waals surface area contributed by atoms with Gasteiger partial charge in [0, 0.05) is 18.0 Å². The smallest absolute Gasteiger partial charge is 0.262 e. The van der Waals surface area contributed by atoms with Gasteiger partial charge in [-0.3, -0.25) is 4.98 Å². The fraction of sp³-hybridized carbons (Fsp3) is 0. The Morgan fingerprint density at radius 3 is 2.81 bits per heavy atom. The summed E-state index contributed by atoms with van der Waals surface area (Å²) in [5.74, 6) is 1.02. The number of fused-ring (bicyclic) bond motifs is 1. The van der Waals surface area contributed by atoms with Gasteiger partial charge in [0.25, 0.3) is 5.89 Å². The molecule has 0 saturated carbocycles. The average Bonchev–Trinajstić information content (AvgIpc) is 3.14. The predicted molar refractivity (Wildman–Crippen MR) is 73.4 cm³/mol. The molecule has 102 valence electrons. The van der Waals surface area contributed by atoms with Crippen LogP contribution in [0.5, 0.6) is 5.75 Å². The highest BCUT2D eigenvalue weighted by molar-refractivity contribution is 5.74. The molecule has 0 aliphatic heterocycles. The van der Waals surface area contributed by atoms with E-state index in [-0.39, 0.29) is 5.75 Å². The molecular formula is C14H9N5O2. The van der Waals surface area contributed by atoms with Gasteiger partial charge in [0.2, 0.25) is 5.82 Å². The Hall–Kier alpha value is -3.22. The normalized spacial score (nSPS) is 11.0. The van der Waals surface area contributed by atoms with Crippen LogP contribution in [0.1, 0.15) is 0 Å². The number of aromatic hydroxyl groups is 1. The topological polar surface area (TPSA) is 89.3 Å². The van der Waals surface area contributed by atoms with Crippen LogP contribution in [0.3, 0.4) is 0 Å².